The number of ether oxygens (including phenoxy) is 3. The summed E-state index contributed by atoms with van der Waals surface area (Å²) in [5, 5.41) is 0. The molecule has 0 rings (SSSR count). The molecule has 0 amide bonds. The summed E-state index contributed by atoms with van der Waals surface area (Å²) < 4.78 is 13.6. The van der Waals surface area contributed by atoms with Crippen LogP contribution in [0.15, 0.2) is 38.0 Å². The van der Waals surface area contributed by atoms with Crippen molar-refractivity contribution < 1.29 is 43.0 Å². The topological polar surface area (TPSA) is 130 Å². The van der Waals surface area contributed by atoms with Gasteiger partial charge in [0.1, 0.15) is 56.4 Å². The van der Waals surface area contributed by atoms with Gasteiger partial charge in [-0.25, -0.2) is 0 Å². The highest BCUT2D eigenvalue weighted by Crippen LogP contribution is 1.88. The Morgan fingerprint density at radius 2 is 0.742 bits per heavy atom. The number of ketones is 3. The summed E-state index contributed by atoms with van der Waals surface area (Å²) in [6, 6.07) is 0. The van der Waals surface area contributed by atoms with Crippen LogP contribution in [0.1, 0.15) is 40.0 Å². The Balaban J connectivity index is -0.000000174. The molecule has 0 aromatic heterocycles. The van der Waals surface area contributed by atoms with Gasteiger partial charge in [-0.3, -0.25) is 28.8 Å². The average Bonchev–Trinajstić information content (AvgIpc) is 2.62. The number of esters is 3. The molecule has 171 valence electrons. The van der Waals surface area contributed by atoms with Crippen LogP contribution in [0.4, 0.5) is 0 Å². The Labute approximate surface area is 193 Å². The van der Waals surface area contributed by atoms with Gasteiger partial charge in [0.05, 0.1) is 0 Å². The summed E-state index contributed by atoms with van der Waals surface area (Å²) in [4.78, 5) is 62.4. The summed E-state index contributed by atoms with van der Waals surface area (Å²) >= 11 is 0. The van der Waals surface area contributed by atoms with E-state index in [1.165, 1.54) is 39.0 Å². The van der Waals surface area contributed by atoms with Crippen LogP contribution in [0, 0.1) is 0 Å². The van der Waals surface area contributed by atoms with Gasteiger partial charge in [0.15, 0.2) is 0 Å². The number of carbonyl (C=O) groups excluding carboxylic acids is 6. The third-order valence-electron chi connectivity index (χ3n) is 2.27. The average molecular weight is 453 g/mol. The van der Waals surface area contributed by atoms with Gasteiger partial charge in [0.2, 0.25) is 0 Å². The summed E-state index contributed by atoms with van der Waals surface area (Å²) in [7, 11) is 0. The summed E-state index contributed by atoms with van der Waals surface area (Å²) in [6.07, 6.45) is 3.93. The zero-order valence-corrected chi connectivity index (χ0v) is 19.5. The second-order valence-corrected chi connectivity index (χ2v) is 5.55. The van der Waals surface area contributed by atoms with Gasteiger partial charge in [-0.2, -0.15) is 0 Å². The lowest BCUT2D eigenvalue weighted by molar-refractivity contribution is -0.146. The van der Waals surface area contributed by atoms with E-state index in [1.54, 1.807) is 0 Å². The summed E-state index contributed by atoms with van der Waals surface area (Å²) in [5.41, 5.74) is 0. The molecule has 0 N–H and O–H groups in total. The molecule has 0 heterocycles. The van der Waals surface area contributed by atoms with Gasteiger partial charge in [0, 0.05) is 17.4 Å². The summed E-state index contributed by atoms with van der Waals surface area (Å²) in [6.45, 7) is 14.6. The maximum Gasteiger partial charge on any atom is 0.313 e. The lowest BCUT2D eigenvalue weighted by Gasteiger charge is -1.96. The molecule has 0 aromatic carbocycles. The molecule has 9 nitrogen and oxygen atoms in total. The van der Waals surface area contributed by atoms with E-state index < -0.39 is 17.9 Å². The van der Waals surface area contributed by atoms with Crippen molar-refractivity contribution in [3.8, 4) is 0 Å². The molecule has 3 radical (unpaired) electrons. The highest BCUT2D eigenvalue weighted by atomic mass is 27.0. The first-order valence-electron chi connectivity index (χ1n) is 8.77. The maximum absolute atomic E-state index is 10.5. The molecule has 0 aliphatic rings. The van der Waals surface area contributed by atoms with Crippen LogP contribution in [-0.2, 0) is 43.0 Å². The number of carbonyl (C=O) groups is 6. The minimum atomic E-state index is -0.493. The lowest BCUT2D eigenvalue weighted by atomic mass is 10.3. The van der Waals surface area contributed by atoms with Gasteiger partial charge in [-0.05, 0) is 20.8 Å². The van der Waals surface area contributed by atoms with Crippen molar-refractivity contribution in [2.24, 2.45) is 0 Å². The fourth-order valence-electron chi connectivity index (χ4n) is 1.22. The van der Waals surface area contributed by atoms with Crippen LogP contribution in [0.5, 0.6) is 0 Å². The van der Waals surface area contributed by atoms with Crippen molar-refractivity contribution in [3.05, 3.63) is 38.0 Å². The number of hydrogen-bond acceptors (Lipinski definition) is 9. The van der Waals surface area contributed by atoms with Gasteiger partial charge in [0.25, 0.3) is 0 Å². The van der Waals surface area contributed by atoms with Crippen LogP contribution >= 0.6 is 0 Å². The van der Waals surface area contributed by atoms with Crippen molar-refractivity contribution >= 4 is 52.6 Å². The van der Waals surface area contributed by atoms with Gasteiger partial charge >= 0.3 is 17.9 Å². The molecule has 10 heteroatoms. The van der Waals surface area contributed by atoms with E-state index in [1.807, 2.05) is 0 Å². The van der Waals surface area contributed by atoms with Crippen LogP contribution in [0.2, 0.25) is 0 Å². The number of hydrogen-bond donors (Lipinski definition) is 0. The second-order valence-electron chi connectivity index (χ2n) is 5.55. The zero-order valence-electron chi connectivity index (χ0n) is 18.3. The molecule has 0 aliphatic carbocycles. The Kier molecular flexibility index (Phi) is 28.9. The Hall–Kier alpha value is -2.83. The minimum absolute atomic E-state index is 0. The Morgan fingerprint density at radius 1 is 0.548 bits per heavy atom. The van der Waals surface area contributed by atoms with Crippen molar-refractivity contribution in [3.63, 3.8) is 0 Å². The smallest absolute Gasteiger partial charge is 0.313 e. The monoisotopic (exact) mass is 453 g/mol. The Morgan fingerprint density at radius 3 is 0.871 bits per heavy atom. The quantitative estimate of drug-likeness (QED) is 0.142. The molecule has 0 atom stereocenters. The van der Waals surface area contributed by atoms with E-state index in [-0.39, 0.29) is 73.8 Å². The minimum Gasteiger partial charge on any atom is -0.461 e. The van der Waals surface area contributed by atoms with E-state index in [0.717, 1.165) is 0 Å². The summed E-state index contributed by atoms with van der Waals surface area (Å²) in [5.74, 6) is -2.04. The lowest BCUT2D eigenvalue weighted by Crippen LogP contribution is -2.08. The SMILES string of the molecule is C=CCOC(=O)CC(C)=O.C=CCOC(=O)CC(C)=O.C=CCOC(=O)CC(C)=O.[Al]. The molecule has 0 bridgehead atoms. The van der Waals surface area contributed by atoms with Crippen LogP contribution in [-0.4, -0.2) is 72.4 Å². The standard InChI is InChI=1S/3C7H10O3.Al/c3*1-3-4-10-7(9)5-6(2)8;/h3*3H,1,4-5H2,2H3;. The number of rotatable bonds is 12. The van der Waals surface area contributed by atoms with Crippen molar-refractivity contribution in [1.29, 1.82) is 0 Å². The normalized spacial score (nSPS) is 8.23. The molecule has 0 saturated carbocycles. The second kappa shape index (κ2) is 25.2. The largest absolute Gasteiger partial charge is 0.461 e. The van der Waals surface area contributed by atoms with Gasteiger partial charge in [-0.15, -0.1) is 0 Å². The van der Waals surface area contributed by atoms with E-state index in [4.69, 9.17) is 0 Å². The third-order valence-corrected chi connectivity index (χ3v) is 2.27. The molecular formula is C21H30AlO9. The first kappa shape index (κ1) is 35.6. The van der Waals surface area contributed by atoms with E-state index in [2.05, 4.69) is 33.9 Å². The van der Waals surface area contributed by atoms with Gasteiger partial charge < -0.3 is 14.2 Å². The predicted octanol–water partition coefficient (Wildman–Crippen LogP) is 1.70. The maximum atomic E-state index is 10.5. The van der Waals surface area contributed by atoms with Crippen LogP contribution in [0.3, 0.4) is 0 Å². The van der Waals surface area contributed by atoms with E-state index >= 15 is 0 Å². The van der Waals surface area contributed by atoms with Crippen molar-refractivity contribution in [1.82, 2.24) is 0 Å². The first-order valence-corrected chi connectivity index (χ1v) is 8.77. The molecule has 0 spiro atoms. The molecule has 0 aliphatic heterocycles. The highest BCUT2D eigenvalue weighted by molar-refractivity contribution is 5.95. The number of Topliss-reactive ketones (excluding diaryl/α,β-unsaturated/α-hetero) is 3. The van der Waals surface area contributed by atoms with E-state index in [9.17, 15) is 28.8 Å². The molecule has 31 heavy (non-hydrogen) atoms. The fourth-order valence-corrected chi connectivity index (χ4v) is 1.22. The van der Waals surface area contributed by atoms with Crippen molar-refractivity contribution in [2.45, 2.75) is 40.0 Å². The molecule has 0 aromatic rings. The molecule has 0 saturated heterocycles. The van der Waals surface area contributed by atoms with Crippen molar-refractivity contribution in [2.75, 3.05) is 19.8 Å². The molecule has 0 unspecified atom stereocenters. The fraction of sp³-hybridized carbons (Fsp3) is 0.429. The predicted molar refractivity (Wildman–Crippen MR) is 115 cm³/mol. The van der Waals surface area contributed by atoms with Crippen LogP contribution < -0.4 is 0 Å². The van der Waals surface area contributed by atoms with Crippen LogP contribution in [0.25, 0.3) is 0 Å². The van der Waals surface area contributed by atoms with E-state index in [0.29, 0.717) is 0 Å². The highest BCUT2D eigenvalue weighted by Gasteiger charge is 2.05. The Bertz CT molecular complexity index is 539. The third kappa shape index (κ3) is 38.4. The molecular weight excluding hydrogens is 423 g/mol. The first-order chi connectivity index (χ1) is 14.0. The molecule has 0 fully saturated rings. The van der Waals surface area contributed by atoms with Gasteiger partial charge in [-0.1, -0.05) is 38.0 Å². The zero-order chi connectivity index (χ0) is 23.9.